The Morgan fingerprint density at radius 2 is 2.06 bits per heavy atom. The number of aldehydes is 1. The Balaban J connectivity index is 2.29. The molecular weight excluding hydrogens is 228 g/mol. The third kappa shape index (κ3) is 1.57. The molecule has 0 unspecified atom stereocenters. The summed E-state index contributed by atoms with van der Waals surface area (Å²) >= 11 is 0. The van der Waals surface area contributed by atoms with Gasteiger partial charge in [-0.3, -0.25) is 9.20 Å². The Labute approximate surface area is 103 Å². The highest BCUT2D eigenvalue weighted by atomic mass is 16.1. The average molecular weight is 238 g/mol. The molecule has 3 aromatic rings. The maximum Gasteiger partial charge on any atom is 0.255 e. The normalized spacial score (nSPS) is 10.7. The van der Waals surface area contributed by atoms with Crippen molar-refractivity contribution in [3.8, 4) is 11.4 Å². The quantitative estimate of drug-likeness (QED) is 0.640. The Morgan fingerprint density at radius 1 is 1.22 bits per heavy atom. The smallest absolute Gasteiger partial charge is 0.255 e. The SMILES string of the molecule is Cc1ccccc1-c1nnc2ncc(C=O)cn12. The number of benzene rings is 1. The maximum absolute atomic E-state index is 10.8. The van der Waals surface area contributed by atoms with Crippen molar-refractivity contribution in [3.63, 3.8) is 0 Å². The molecule has 88 valence electrons. The number of aryl methyl sites for hydroxylation is 1. The summed E-state index contributed by atoms with van der Waals surface area (Å²) in [6.07, 6.45) is 3.93. The van der Waals surface area contributed by atoms with Gasteiger partial charge in [-0.1, -0.05) is 24.3 Å². The zero-order valence-electron chi connectivity index (χ0n) is 9.74. The molecule has 5 nitrogen and oxygen atoms in total. The van der Waals surface area contributed by atoms with Gasteiger partial charge in [-0.25, -0.2) is 4.98 Å². The first kappa shape index (κ1) is 10.6. The van der Waals surface area contributed by atoms with Crippen LogP contribution in [-0.2, 0) is 0 Å². The van der Waals surface area contributed by atoms with E-state index in [1.54, 1.807) is 10.6 Å². The summed E-state index contributed by atoms with van der Waals surface area (Å²) in [5.74, 6) is 1.18. The Morgan fingerprint density at radius 3 is 2.83 bits per heavy atom. The lowest BCUT2D eigenvalue weighted by atomic mass is 10.1. The van der Waals surface area contributed by atoms with Crippen LogP contribution in [0, 0.1) is 6.92 Å². The van der Waals surface area contributed by atoms with E-state index in [0.717, 1.165) is 17.4 Å². The van der Waals surface area contributed by atoms with Crippen LogP contribution in [0.5, 0.6) is 0 Å². The van der Waals surface area contributed by atoms with Crippen molar-refractivity contribution >= 4 is 12.1 Å². The summed E-state index contributed by atoms with van der Waals surface area (Å²) in [5.41, 5.74) is 2.58. The van der Waals surface area contributed by atoms with E-state index in [2.05, 4.69) is 15.2 Å². The Hall–Kier alpha value is -2.56. The predicted molar refractivity (Wildman–Crippen MR) is 66.3 cm³/mol. The first-order valence-corrected chi connectivity index (χ1v) is 5.51. The monoisotopic (exact) mass is 238 g/mol. The van der Waals surface area contributed by atoms with Gasteiger partial charge in [-0.2, -0.15) is 0 Å². The molecule has 0 amide bonds. The van der Waals surface area contributed by atoms with Crippen LogP contribution in [-0.4, -0.2) is 25.9 Å². The van der Waals surface area contributed by atoms with E-state index in [1.807, 2.05) is 31.2 Å². The highest BCUT2D eigenvalue weighted by molar-refractivity contribution is 5.74. The van der Waals surface area contributed by atoms with E-state index in [1.165, 1.54) is 6.20 Å². The molecule has 3 rings (SSSR count). The molecule has 2 heterocycles. The van der Waals surface area contributed by atoms with Crippen LogP contribution in [0.2, 0.25) is 0 Å². The molecule has 0 spiro atoms. The van der Waals surface area contributed by atoms with Crippen LogP contribution < -0.4 is 0 Å². The van der Waals surface area contributed by atoms with Gasteiger partial charge in [0.2, 0.25) is 0 Å². The van der Waals surface area contributed by atoms with Crippen LogP contribution in [0.3, 0.4) is 0 Å². The number of carbonyl (C=O) groups excluding carboxylic acids is 1. The molecule has 2 aromatic heterocycles. The Kier molecular flexibility index (Phi) is 2.37. The van der Waals surface area contributed by atoms with Crippen molar-refractivity contribution in [3.05, 3.63) is 47.8 Å². The molecule has 0 aliphatic carbocycles. The number of nitrogens with zero attached hydrogens (tertiary/aromatic N) is 4. The summed E-state index contributed by atoms with van der Waals surface area (Å²) in [6, 6.07) is 7.89. The van der Waals surface area contributed by atoms with Crippen LogP contribution >= 0.6 is 0 Å². The first-order chi connectivity index (χ1) is 8.79. The second-order valence-corrected chi connectivity index (χ2v) is 4.01. The van der Waals surface area contributed by atoms with Gasteiger partial charge in [0, 0.05) is 23.5 Å². The van der Waals surface area contributed by atoms with Crippen LogP contribution in [0.4, 0.5) is 0 Å². The second-order valence-electron chi connectivity index (χ2n) is 4.01. The van der Waals surface area contributed by atoms with Gasteiger partial charge >= 0.3 is 0 Å². The summed E-state index contributed by atoms with van der Waals surface area (Å²) in [6.45, 7) is 2.01. The van der Waals surface area contributed by atoms with Gasteiger partial charge in [-0.15, -0.1) is 10.2 Å². The van der Waals surface area contributed by atoms with Gasteiger partial charge in [-0.05, 0) is 12.5 Å². The van der Waals surface area contributed by atoms with E-state index in [9.17, 15) is 4.79 Å². The zero-order valence-corrected chi connectivity index (χ0v) is 9.74. The molecule has 0 saturated heterocycles. The Bertz CT molecular complexity index is 733. The lowest BCUT2D eigenvalue weighted by molar-refractivity contribution is 0.112. The molecule has 0 N–H and O–H groups in total. The number of carbonyl (C=O) groups is 1. The molecule has 0 aliphatic rings. The van der Waals surface area contributed by atoms with Crippen LogP contribution in [0.25, 0.3) is 17.2 Å². The van der Waals surface area contributed by atoms with Gasteiger partial charge in [0.1, 0.15) is 0 Å². The predicted octanol–water partition coefficient (Wildman–Crippen LogP) is 1.91. The number of hydrogen-bond donors (Lipinski definition) is 0. The van der Waals surface area contributed by atoms with Gasteiger partial charge in [0.25, 0.3) is 5.78 Å². The zero-order chi connectivity index (χ0) is 12.5. The van der Waals surface area contributed by atoms with E-state index in [0.29, 0.717) is 17.2 Å². The third-order valence-electron chi connectivity index (χ3n) is 2.81. The maximum atomic E-state index is 10.8. The fourth-order valence-corrected chi connectivity index (χ4v) is 1.87. The van der Waals surface area contributed by atoms with Crippen molar-refractivity contribution in [2.45, 2.75) is 6.92 Å². The van der Waals surface area contributed by atoms with Crippen molar-refractivity contribution < 1.29 is 4.79 Å². The minimum atomic E-state index is 0.485. The van der Waals surface area contributed by atoms with Crippen molar-refractivity contribution in [1.82, 2.24) is 19.6 Å². The molecule has 18 heavy (non-hydrogen) atoms. The molecule has 0 saturated carbocycles. The second kappa shape index (κ2) is 4.03. The highest BCUT2D eigenvalue weighted by Crippen LogP contribution is 2.21. The molecule has 0 fully saturated rings. The minimum Gasteiger partial charge on any atom is -0.298 e. The summed E-state index contributed by atoms with van der Waals surface area (Å²) in [7, 11) is 0. The van der Waals surface area contributed by atoms with Gasteiger partial charge in [0.05, 0.1) is 0 Å². The van der Waals surface area contributed by atoms with E-state index >= 15 is 0 Å². The molecule has 5 heteroatoms. The minimum absolute atomic E-state index is 0.485. The van der Waals surface area contributed by atoms with E-state index in [-0.39, 0.29) is 0 Å². The lowest BCUT2D eigenvalue weighted by Crippen LogP contribution is -1.95. The highest BCUT2D eigenvalue weighted by Gasteiger charge is 2.10. The fraction of sp³-hybridized carbons (Fsp3) is 0.0769. The van der Waals surface area contributed by atoms with Crippen molar-refractivity contribution in [2.75, 3.05) is 0 Å². The third-order valence-corrected chi connectivity index (χ3v) is 2.81. The number of fused-ring (bicyclic) bond motifs is 1. The topological polar surface area (TPSA) is 60.2 Å². The largest absolute Gasteiger partial charge is 0.298 e. The van der Waals surface area contributed by atoms with Crippen LogP contribution in [0.1, 0.15) is 15.9 Å². The first-order valence-electron chi connectivity index (χ1n) is 5.51. The van der Waals surface area contributed by atoms with Crippen molar-refractivity contribution in [1.29, 1.82) is 0 Å². The fourth-order valence-electron chi connectivity index (χ4n) is 1.87. The van der Waals surface area contributed by atoms with Gasteiger partial charge < -0.3 is 0 Å². The average Bonchev–Trinajstić information content (AvgIpc) is 2.82. The molecule has 0 atom stereocenters. The number of rotatable bonds is 2. The molecular formula is C13H10N4O. The summed E-state index contributed by atoms with van der Waals surface area (Å²) in [4.78, 5) is 14.9. The molecule has 1 aromatic carbocycles. The standard InChI is InChI=1S/C13H10N4O/c1-9-4-2-3-5-11(9)12-15-16-13-14-6-10(8-18)7-17(12)13/h2-8H,1H3. The summed E-state index contributed by atoms with van der Waals surface area (Å²) < 4.78 is 1.73. The van der Waals surface area contributed by atoms with Crippen LogP contribution in [0.15, 0.2) is 36.7 Å². The molecule has 0 aliphatic heterocycles. The van der Waals surface area contributed by atoms with Crippen molar-refractivity contribution in [2.24, 2.45) is 0 Å². The molecule has 0 bridgehead atoms. The van der Waals surface area contributed by atoms with E-state index < -0.39 is 0 Å². The van der Waals surface area contributed by atoms with E-state index in [4.69, 9.17) is 0 Å². The van der Waals surface area contributed by atoms with Gasteiger partial charge in [0.15, 0.2) is 12.1 Å². The molecule has 0 radical (unpaired) electrons. The lowest BCUT2D eigenvalue weighted by Gasteiger charge is -2.03. The summed E-state index contributed by atoms with van der Waals surface area (Å²) in [5, 5.41) is 8.13. The number of aromatic nitrogens is 4. The number of hydrogen-bond acceptors (Lipinski definition) is 4.